The van der Waals surface area contributed by atoms with Crippen LogP contribution >= 0.6 is 11.6 Å². The number of benzene rings is 1. The maximum atomic E-state index is 11.0. The third-order valence-electron chi connectivity index (χ3n) is 1.62. The molecule has 0 aliphatic rings. The summed E-state index contributed by atoms with van der Waals surface area (Å²) in [5, 5.41) is -0.578. The summed E-state index contributed by atoms with van der Waals surface area (Å²) in [7, 11) is 0. The van der Waals surface area contributed by atoms with Crippen LogP contribution in [0.5, 0.6) is 0 Å². The summed E-state index contributed by atoms with van der Waals surface area (Å²) in [6, 6.07) is 9.56. The number of rotatable bonds is 4. The molecule has 0 saturated heterocycles. The second kappa shape index (κ2) is 5.62. The highest BCUT2D eigenvalue weighted by atomic mass is 35.5. The van der Waals surface area contributed by atoms with Crippen molar-refractivity contribution in [3.05, 3.63) is 35.9 Å². The Balaban J connectivity index is 2.26. The lowest BCUT2D eigenvalue weighted by Crippen LogP contribution is -2.29. The Morgan fingerprint density at radius 3 is 2.71 bits per heavy atom. The first kappa shape index (κ1) is 11.0. The van der Waals surface area contributed by atoms with Crippen LogP contribution in [0, 0.1) is 0 Å². The SMILES string of the molecule is CC(Cl)C(=O)NOCc1ccccc1. The van der Waals surface area contributed by atoms with Crippen LogP contribution in [0.1, 0.15) is 12.5 Å². The Labute approximate surface area is 88.0 Å². The largest absolute Gasteiger partial charge is 0.271 e. The van der Waals surface area contributed by atoms with Gasteiger partial charge in [-0.1, -0.05) is 30.3 Å². The summed E-state index contributed by atoms with van der Waals surface area (Å²) >= 11 is 5.52. The Morgan fingerprint density at radius 2 is 2.14 bits per heavy atom. The van der Waals surface area contributed by atoms with Crippen LogP contribution in [0.4, 0.5) is 0 Å². The van der Waals surface area contributed by atoms with E-state index in [9.17, 15) is 4.79 Å². The first-order chi connectivity index (χ1) is 6.70. The number of halogens is 1. The highest BCUT2D eigenvalue weighted by Crippen LogP contribution is 1.99. The highest BCUT2D eigenvalue weighted by Gasteiger charge is 2.07. The topological polar surface area (TPSA) is 38.3 Å². The molecule has 1 atom stereocenters. The number of amides is 1. The second-order valence-corrected chi connectivity index (χ2v) is 3.51. The third kappa shape index (κ3) is 3.77. The van der Waals surface area contributed by atoms with Gasteiger partial charge in [0.15, 0.2) is 0 Å². The third-order valence-corrected chi connectivity index (χ3v) is 1.81. The summed E-state index contributed by atoms with van der Waals surface area (Å²) in [6.07, 6.45) is 0. The Hall–Kier alpha value is -1.06. The fraction of sp³-hybridized carbons (Fsp3) is 0.300. The number of hydrogen-bond donors (Lipinski definition) is 1. The molecule has 14 heavy (non-hydrogen) atoms. The monoisotopic (exact) mass is 213 g/mol. The Kier molecular flexibility index (Phi) is 4.43. The van der Waals surface area contributed by atoms with E-state index in [-0.39, 0.29) is 5.91 Å². The van der Waals surface area contributed by atoms with E-state index in [4.69, 9.17) is 16.4 Å². The number of hydroxylamine groups is 1. The van der Waals surface area contributed by atoms with Gasteiger partial charge in [-0.2, -0.15) is 0 Å². The lowest BCUT2D eigenvalue weighted by molar-refractivity contribution is -0.133. The van der Waals surface area contributed by atoms with Crippen molar-refractivity contribution in [3.8, 4) is 0 Å². The van der Waals surface area contributed by atoms with Gasteiger partial charge < -0.3 is 0 Å². The first-order valence-corrected chi connectivity index (χ1v) is 4.73. The average Bonchev–Trinajstić information content (AvgIpc) is 2.19. The zero-order valence-corrected chi connectivity index (χ0v) is 8.62. The molecule has 4 heteroatoms. The van der Waals surface area contributed by atoms with E-state index in [1.807, 2.05) is 30.3 Å². The van der Waals surface area contributed by atoms with Crippen LogP contribution < -0.4 is 5.48 Å². The normalized spacial score (nSPS) is 12.1. The molecule has 0 aliphatic heterocycles. The van der Waals surface area contributed by atoms with Crippen molar-refractivity contribution in [2.24, 2.45) is 0 Å². The minimum absolute atomic E-state index is 0.331. The van der Waals surface area contributed by atoms with Crippen molar-refractivity contribution >= 4 is 17.5 Å². The molecule has 0 saturated carbocycles. The van der Waals surface area contributed by atoms with Crippen molar-refractivity contribution in [2.75, 3.05) is 0 Å². The maximum absolute atomic E-state index is 11.0. The van der Waals surface area contributed by atoms with Gasteiger partial charge >= 0.3 is 0 Å². The van der Waals surface area contributed by atoms with E-state index in [0.29, 0.717) is 6.61 Å². The van der Waals surface area contributed by atoms with E-state index in [1.54, 1.807) is 6.92 Å². The first-order valence-electron chi connectivity index (χ1n) is 4.30. The van der Waals surface area contributed by atoms with E-state index in [0.717, 1.165) is 5.56 Å². The molecule has 1 rings (SSSR count). The molecule has 0 aromatic heterocycles. The highest BCUT2D eigenvalue weighted by molar-refractivity contribution is 6.30. The fourth-order valence-corrected chi connectivity index (χ4v) is 0.891. The standard InChI is InChI=1S/C10H12ClNO2/c1-8(11)10(13)12-14-7-9-5-3-2-4-6-9/h2-6,8H,7H2,1H3,(H,12,13). The van der Waals surface area contributed by atoms with Crippen LogP contribution in [0.25, 0.3) is 0 Å². The van der Waals surface area contributed by atoms with Crippen LogP contribution in [-0.2, 0) is 16.2 Å². The van der Waals surface area contributed by atoms with Crippen molar-refractivity contribution in [1.29, 1.82) is 0 Å². The van der Waals surface area contributed by atoms with Gasteiger partial charge in [-0.25, -0.2) is 5.48 Å². The lowest BCUT2D eigenvalue weighted by Gasteiger charge is -2.06. The number of hydrogen-bond acceptors (Lipinski definition) is 2. The molecular weight excluding hydrogens is 202 g/mol. The molecular formula is C10H12ClNO2. The number of carbonyl (C=O) groups is 1. The number of nitrogens with one attached hydrogen (secondary N) is 1. The predicted molar refractivity (Wildman–Crippen MR) is 54.7 cm³/mol. The molecule has 0 bridgehead atoms. The summed E-state index contributed by atoms with van der Waals surface area (Å²) in [4.78, 5) is 15.9. The molecule has 76 valence electrons. The molecule has 3 nitrogen and oxygen atoms in total. The van der Waals surface area contributed by atoms with Gasteiger partial charge in [0.2, 0.25) is 0 Å². The zero-order chi connectivity index (χ0) is 10.4. The van der Waals surface area contributed by atoms with Crippen molar-refractivity contribution < 1.29 is 9.63 Å². The maximum Gasteiger partial charge on any atom is 0.261 e. The van der Waals surface area contributed by atoms with Crippen LogP contribution in [0.2, 0.25) is 0 Å². The summed E-state index contributed by atoms with van der Waals surface area (Å²) in [5.41, 5.74) is 3.26. The van der Waals surface area contributed by atoms with Crippen molar-refractivity contribution in [1.82, 2.24) is 5.48 Å². The van der Waals surface area contributed by atoms with Gasteiger partial charge in [-0.15, -0.1) is 11.6 Å². The molecule has 0 aliphatic carbocycles. The lowest BCUT2D eigenvalue weighted by atomic mass is 10.2. The molecule has 1 N–H and O–H groups in total. The molecule has 1 amide bonds. The molecule has 0 fully saturated rings. The van der Waals surface area contributed by atoms with E-state index < -0.39 is 5.38 Å². The zero-order valence-electron chi connectivity index (χ0n) is 7.87. The van der Waals surface area contributed by atoms with Gasteiger partial charge in [0.1, 0.15) is 5.38 Å². The summed E-state index contributed by atoms with van der Waals surface area (Å²) in [6.45, 7) is 1.93. The van der Waals surface area contributed by atoms with Crippen LogP contribution in [0.15, 0.2) is 30.3 Å². The molecule has 0 radical (unpaired) electrons. The van der Waals surface area contributed by atoms with Gasteiger partial charge in [-0.3, -0.25) is 9.63 Å². The molecule has 0 spiro atoms. The quantitative estimate of drug-likeness (QED) is 0.613. The van der Waals surface area contributed by atoms with Gasteiger partial charge in [-0.05, 0) is 12.5 Å². The molecule has 1 unspecified atom stereocenters. The van der Waals surface area contributed by atoms with E-state index in [1.165, 1.54) is 0 Å². The number of alkyl halides is 1. The van der Waals surface area contributed by atoms with Crippen LogP contribution in [-0.4, -0.2) is 11.3 Å². The number of carbonyl (C=O) groups excluding carboxylic acids is 1. The Bertz CT molecular complexity index is 287. The fourth-order valence-electron chi connectivity index (χ4n) is 0.846. The van der Waals surface area contributed by atoms with Gasteiger partial charge in [0.05, 0.1) is 6.61 Å². The second-order valence-electron chi connectivity index (χ2n) is 2.86. The Morgan fingerprint density at radius 1 is 1.50 bits per heavy atom. The van der Waals surface area contributed by atoms with E-state index in [2.05, 4.69) is 5.48 Å². The summed E-state index contributed by atoms with van der Waals surface area (Å²) in [5.74, 6) is -0.331. The van der Waals surface area contributed by atoms with Gasteiger partial charge in [0, 0.05) is 0 Å². The minimum atomic E-state index is -0.578. The molecule has 1 aromatic rings. The van der Waals surface area contributed by atoms with Gasteiger partial charge in [0.25, 0.3) is 5.91 Å². The molecule has 1 aromatic carbocycles. The summed E-state index contributed by atoms with van der Waals surface area (Å²) < 4.78 is 0. The minimum Gasteiger partial charge on any atom is -0.271 e. The van der Waals surface area contributed by atoms with Crippen molar-refractivity contribution in [3.63, 3.8) is 0 Å². The average molecular weight is 214 g/mol. The van der Waals surface area contributed by atoms with E-state index >= 15 is 0 Å². The van der Waals surface area contributed by atoms with Crippen molar-refractivity contribution in [2.45, 2.75) is 18.9 Å². The smallest absolute Gasteiger partial charge is 0.261 e. The molecule has 0 heterocycles. The van der Waals surface area contributed by atoms with Crippen LogP contribution in [0.3, 0.4) is 0 Å². The predicted octanol–water partition coefficient (Wildman–Crippen LogP) is 1.86.